The van der Waals surface area contributed by atoms with Gasteiger partial charge in [0.15, 0.2) is 0 Å². The highest BCUT2D eigenvalue weighted by Crippen LogP contribution is 2.11. The Morgan fingerprint density at radius 2 is 2.09 bits per heavy atom. The second kappa shape index (κ2) is 9.36. The molecule has 1 heterocycles. The number of hydrogen-bond donors (Lipinski definition) is 1. The number of nitrogens with zero attached hydrogens (tertiary/aromatic N) is 2. The molecule has 1 N–H and O–H groups in total. The fourth-order valence-corrected chi connectivity index (χ4v) is 2.28. The molecule has 0 bridgehead atoms. The van der Waals surface area contributed by atoms with Gasteiger partial charge < -0.3 is 19.7 Å². The Labute approximate surface area is 137 Å². The third kappa shape index (κ3) is 7.84. The van der Waals surface area contributed by atoms with E-state index in [9.17, 15) is 9.59 Å². The Balaban J connectivity index is 2.67. The quantitative estimate of drug-likeness (QED) is 0.779. The summed E-state index contributed by atoms with van der Waals surface area (Å²) in [5.41, 5.74) is -0.624. The maximum atomic E-state index is 12.7. The average molecular weight is 325 g/mol. The molecule has 0 unspecified atom stereocenters. The van der Waals surface area contributed by atoms with Crippen LogP contribution in [-0.2, 0) is 14.3 Å². The zero-order chi connectivity index (χ0) is 17.3. The minimum absolute atomic E-state index is 0.140. The predicted octanol–water partition coefficient (Wildman–Crippen LogP) is 1.82. The molecule has 0 aromatic carbocycles. The Morgan fingerprint density at radius 3 is 2.74 bits per heavy atom. The maximum Gasteiger partial charge on any atom is 0.408 e. The van der Waals surface area contributed by atoms with Crippen molar-refractivity contribution in [1.82, 2.24) is 10.2 Å². The van der Waals surface area contributed by atoms with Crippen LogP contribution in [0.3, 0.4) is 0 Å². The van der Waals surface area contributed by atoms with E-state index in [0.29, 0.717) is 45.6 Å². The summed E-state index contributed by atoms with van der Waals surface area (Å²) in [5.74, 6) is -0.140. The Morgan fingerprint density at radius 1 is 1.35 bits per heavy atom. The Hall–Kier alpha value is -1.81. The Bertz CT molecular complexity index is 432. The van der Waals surface area contributed by atoms with Gasteiger partial charge in [-0.1, -0.05) is 0 Å². The van der Waals surface area contributed by atoms with Crippen molar-refractivity contribution >= 4 is 12.0 Å². The highest BCUT2D eigenvalue weighted by molar-refractivity contribution is 5.85. The Kier molecular flexibility index (Phi) is 7.83. The van der Waals surface area contributed by atoms with Crippen LogP contribution in [0, 0.1) is 11.3 Å². The van der Waals surface area contributed by atoms with Gasteiger partial charge in [-0.3, -0.25) is 4.79 Å². The van der Waals surface area contributed by atoms with Gasteiger partial charge in [-0.15, -0.1) is 0 Å². The monoisotopic (exact) mass is 325 g/mol. The van der Waals surface area contributed by atoms with Gasteiger partial charge in [-0.25, -0.2) is 4.79 Å². The highest BCUT2D eigenvalue weighted by Gasteiger charge is 2.28. The molecule has 1 aliphatic heterocycles. The molecule has 0 aliphatic carbocycles. The molecular weight excluding hydrogens is 298 g/mol. The number of unbranched alkanes of at least 4 members (excludes halogenated alkanes) is 1. The normalized spacial score (nSPS) is 16.9. The number of nitriles is 1. The molecule has 1 rings (SSSR count). The van der Waals surface area contributed by atoms with Crippen molar-refractivity contribution in [2.45, 2.75) is 58.1 Å². The van der Waals surface area contributed by atoms with Crippen LogP contribution in [0.15, 0.2) is 0 Å². The van der Waals surface area contributed by atoms with E-state index in [2.05, 4.69) is 11.4 Å². The zero-order valence-electron chi connectivity index (χ0n) is 14.3. The van der Waals surface area contributed by atoms with E-state index in [4.69, 9.17) is 14.7 Å². The molecule has 0 aromatic rings. The van der Waals surface area contributed by atoms with Gasteiger partial charge in [-0.05, 0) is 40.0 Å². The van der Waals surface area contributed by atoms with Gasteiger partial charge >= 0.3 is 6.09 Å². The molecule has 1 aliphatic rings. The van der Waals surface area contributed by atoms with E-state index in [1.807, 2.05) is 0 Å². The molecule has 23 heavy (non-hydrogen) atoms. The van der Waals surface area contributed by atoms with E-state index < -0.39 is 17.7 Å². The molecule has 2 amide bonds. The number of ether oxygens (including phenoxy) is 2. The molecule has 7 nitrogen and oxygen atoms in total. The number of nitrogens with one attached hydrogen (secondary N) is 1. The van der Waals surface area contributed by atoms with E-state index >= 15 is 0 Å². The van der Waals surface area contributed by atoms with Crippen molar-refractivity contribution in [3.63, 3.8) is 0 Å². The van der Waals surface area contributed by atoms with E-state index in [-0.39, 0.29) is 5.91 Å². The van der Waals surface area contributed by atoms with Crippen LogP contribution in [0.4, 0.5) is 4.79 Å². The molecule has 7 heteroatoms. The van der Waals surface area contributed by atoms with E-state index in [1.165, 1.54) is 0 Å². The lowest BCUT2D eigenvalue weighted by Crippen LogP contribution is -2.50. The minimum atomic E-state index is -0.670. The number of alkyl carbamates (subject to hydrolysis) is 1. The molecule has 1 atom stereocenters. The van der Waals surface area contributed by atoms with Gasteiger partial charge in [0.2, 0.25) is 5.91 Å². The third-order valence-electron chi connectivity index (χ3n) is 3.30. The first-order valence-corrected chi connectivity index (χ1v) is 8.06. The molecule has 1 fully saturated rings. The number of amides is 2. The molecule has 130 valence electrons. The van der Waals surface area contributed by atoms with Crippen LogP contribution in [0.1, 0.15) is 46.5 Å². The summed E-state index contributed by atoms with van der Waals surface area (Å²) < 4.78 is 10.6. The van der Waals surface area contributed by atoms with Crippen LogP contribution < -0.4 is 5.32 Å². The minimum Gasteiger partial charge on any atom is -0.444 e. The van der Waals surface area contributed by atoms with E-state index in [0.717, 1.165) is 6.42 Å². The lowest BCUT2D eigenvalue weighted by molar-refractivity contribution is -0.133. The lowest BCUT2D eigenvalue weighted by Gasteiger charge is -2.27. The second-order valence-corrected chi connectivity index (χ2v) is 6.54. The number of carbonyl (C=O) groups excluding carboxylic acids is 2. The smallest absolute Gasteiger partial charge is 0.408 e. The summed E-state index contributed by atoms with van der Waals surface area (Å²) in [6.45, 7) is 7.58. The molecule has 0 radical (unpaired) electrons. The molecule has 0 spiro atoms. The maximum absolute atomic E-state index is 12.7. The largest absolute Gasteiger partial charge is 0.444 e. The van der Waals surface area contributed by atoms with Crippen LogP contribution >= 0.6 is 0 Å². The van der Waals surface area contributed by atoms with Gasteiger partial charge in [0, 0.05) is 26.1 Å². The molecule has 0 saturated carbocycles. The second-order valence-electron chi connectivity index (χ2n) is 6.54. The number of hydrogen-bond acceptors (Lipinski definition) is 5. The van der Waals surface area contributed by atoms with Crippen LogP contribution in [-0.4, -0.2) is 54.8 Å². The van der Waals surface area contributed by atoms with Crippen molar-refractivity contribution in [2.75, 3.05) is 26.3 Å². The summed E-state index contributed by atoms with van der Waals surface area (Å²) in [6, 6.07) is 1.38. The highest BCUT2D eigenvalue weighted by atomic mass is 16.6. The van der Waals surface area contributed by atoms with E-state index in [1.54, 1.807) is 25.7 Å². The van der Waals surface area contributed by atoms with Gasteiger partial charge in [0.05, 0.1) is 12.7 Å². The topological polar surface area (TPSA) is 91.7 Å². The summed E-state index contributed by atoms with van der Waals surface area (Å²) in [4.78, 5) is 26.3. The SMILES string of the molecule is CC(C)(C)OC(=O)N[C@H](CCCC#N)C(=O)N1CCCOCC1. The number of rotatable bonds is 5. The van der Waals surface area contributed by atoms with Gasteiger partial charge in [0.1, 0.15) is 11.6 Å². The fourth-order valence-electron chi connectivity index (χ4n) is 2.28. The van der Waals surface area contributed by atoms with Crippen molar-refractivity contribution < 1.29 is 19.1 Å². The van der Waals surface area contributed by atoms with Crippen LogP contribution in [0.5, 0.6) is 0 Å². The van der Waals surface area contributed by atoms with Crippen molar-refractivity contribution in [3.05, 3.63) is 0 Å². The predicted molar refractivity (Wildman–Crippen MR) is 84.6 cm³/mol. The fraction of sp³-hybridized carbons (Fsp3) is 0.812. The summed E-state index contributed by atoms with van der Waals surface area (Å²) in [7, 11) is 0. The standard InChI is InChI=1S/C16H27N3O4/c1-16(2,3)23-15(21)18-13(7-4-5-8-17)14(20)19-9-6-11-22-12-10-19/h13H,4-7,9-12H2,1-3H3,(H,18,21)/t13-/m1/s1. The third-order valence-corrected chi connectivity index (χ3v) is 3.30. The number of carbonyl (C=O) groups is 2. The van der Waals surface area contributed by atoms with Crippen LogP contribution in [0.2, 0.25) is 0 Å². The first-order chi connectivity index (χ1) is 10.8. The molecule has 0 aromatic heterocycles. The molecule has 1 saturated heterocycles. The first kappa shape index (κ1) is 19.2. The van der Waals surface area contributed by atoms with Gasteiger partial charge in [0.25, 0.3) is 0 Å². The van der Waals surface area contributed by atoms with Crippen molar-refractivity contribution in [1.29, 1.82) is 5.26 Å². The van der Waals surface area contributed by atoms with Crippen LogP contribution in [0.25, 0.3) is 0 Å². The molecular formula is C16H27N3O4. The zero-order valence-corrected chi connectivity index (χ0v) is 14.3. The first-order valence-electron chi connectivity index (χ1n) is 8.06. The van der Waals surface area contributed by atoms with Crippen molar-refractivity contribution in [2.24, 2.45) is 0 Å². The summed E-state index contributed by atoms with van der Waals surface area (Å²) >= 11 is 0. The summed E-state index contributed by atoms with van der Waals surface area (Å²) in [6.07, 6.45) is 1.49. The van der Waals surface area contributed by atoms with Gasteiger partial charge in [-0.2, -0.15) is 5.26 Å². The average Bonchev–Trinajstić information content (AvgIpc) is 2.72. The summed E-state index contributed by atoms with van der Waals surface area (Å²) in [5, 5.41) is 11.3. The lowest BCUT2D eigenvalue weighted by atomic mass is 10.1. The van der Waals surface area contributed by atoms with Crippen molar-refractivity contribution in [3.8, 4) is 6.07 Å².